The fourth-order valence-electron chi connectivity index (χ4n) is 3.42. The van der Waals surface area contributed by atoms with Gasteiger partial charge in [0.25, 0.3) is 0 Å². The Bertz CT molecular complexity index is 769. The maximum atomic E-state index is 5.82. The fraction of sp³-hybridized carbons (Fsp3) is 0.500. The lowest BCUT2D eigenvalue weighted by Crippen LogP contribution is -2.59. The van der Waals surface area contributed by atoms with Crippen LogP contribution in [0.5, 0.6) is 0 Å². The van der Waals surface area contributed by atoms with E-state index in [9.17, 15) is 0 Å². The molecule has 6 nitrogen and oxygen atoms in total. The molecule has 1 aromatic rings. The van der Waals surface area contributed by atoms with Crippen LogP contribution in [-0.4, -0.2) is 34.9 Å². The number of methoxy groups -OCH3 is 1. The summed E-state index contributed by atoms with van der Waals surface area (Å²) in [7, 11) is 3.59. The van der Waals surface area contributed by atoms with Gasteiger partial charge in [-0.3, -0.25) is 15.0 Å². The Morgan fingerprint density at radius 2 is 2.31 bits per heavy atom. The molecule has 3 rings (SSSR count). The SMILES string of the molecule is C#C[C@@H](NC1NC(C(C)CC)=NC2C=CC=C(OC)C21)c1cnn(C)c1. The topological polar surface area (TPSA) is 63.5 Å². The molecule has 0 aromatic carbocycles. The molecule has 0 saturated carbocycles. The molecule has 0 bridgehead atoms. The molecule has 0 fully saturated rings. The molecule has 1 aliphatic heterocycles. The number of hydrogen-bond donors (Lipinski definition) is 2. The van der Waals surface area contributed by atoms with E-state index in [1.54, 1.807) is 18.0 Å². The van der Waals surface area contributed by atoms with Gasteiger partial charge in [-0.15, -0.1) is 6.42 Å². The van der Waals surface area contributed by atoms with Crippen molar-refractivity contribution in [1.29, 1.82) is 0 Å². The normalized spacial score (nSPS) is 26.7. The summed E-state index contributed by atoms with van der Waals surface area (Å²) in [6.45, 7) is 4.35. The van der Waals surface area contributed by atoms with Crippen LogP contribution in [0.1, 0.15) is 31.9 Å². The largest absolute Gasteiger partial charge is 0.501 e. The van der Waals surface area contributed by atoms with Crippen molar-refractivity contribution in [2.24, 2.45) is 23.9 Å². The van der Waals surface area contributed by atoms with Gasteiger partial charge >= 0.3 is 0 Å². The lowest BCUT2D eigenvalue weighted by atomic mass is 9.87. The lowest BCUT2D eigenvalue weighted by molar-refractivity contribution is 0.185. The molecule has 0 radical (unpaired) electrons. The highest BCUT2D eigenvalue weighted by molar-refractivity contribution is 5.85. The number of nitrogens with zero attached hydrogens (tertiary/aromatic N) is 3. The zero-order valence-corrected chi connectivity index (χ0v) is 15.8. The lowest BCUT2D eigenvalue weighted by Gasteiger charge is -2.40. The van der Waals surface area contributed by atoms with Gasteiger partial charge in [0.1, 0.15) is 11.6 Å². The van der Waals surface area contributed by atoms with Crippen molar-refractivity contribution < 1.29 is 4.74 Å². The first-order valence-corrected chi connectivity index (χ1v) is 9.04. The minimum absolute atomic E-state index is 0.0324. The van der Waals surface area contributed by atoms with Crippen molar-refractivity contribution in [3.63, 3.8) is 0 Å². The maximum absolute atomic E-state index is 5.82. The number of allylic oxidation sites excluding steroid dienone is 2. The Morgan fingerprint density at radius 1 is 1.50 bits per heavy atom. The number of hydrogen-bond acceptors (Lipinski definition) is 5. The van der Waals surface area contributed by atoms with Crippen LogP contribution in [0.25, 0.3) is 0 Å². The number of fused-ring (bicyclic) bond motifs is 1. The molecule has 5 atom stereocenters. The summed E-state index contributed by atoms with van der Waals surface area (Å²) in [5, 5.41) is 11.4. The van der Waals surface area contributed by atoms with Gasteiger partial charge in [-0.25, -0.2) is 0 Å². The summed E-state index contributed by atoms with van der Waals surface area (Å²) in [4.78, 5) is 4.92. The number of aromatic nitrogens is 2. The van der Waals surface area contributed by atoms with Crippen LogP contribution in [0.15, 0.2) is 41.4 Å². The molecule has 1 aromatic heterocycles. The van der Waals surface area contributed by atoms with Crippen LogP contribution in [-0.2, 0) is 11.8 Å². The van der Waals surface area contributed by atoms with E-state index >= 15 is 0 Å². The highest BCUT2D eigenvalue weighted by Crippen LogP contribution is 2.31. The van der Waals surface area contributed by atoms with Crippen LogP contribution in [0, 0.1) is 24.2 Å². The Hall–Kier alpha value is -2.52. The third-order valence-corrected chi connectivity index (χ3v) is 5.10. The highest BCUT2D eigenvalue weighted by atomic mass is 16.5. The highest BCUT2D eigenvalue weighted by Gasteiger charge is 2.39. The standard InChI is InChI=1S/C20H27N5O/c1-6-13(3)19-23-16-9-8-10-17(26-5)18(16)20(24-19)22-15(7-2)14-11-21-25(4)12-14/h2,8-13,15-16,18,20,22H,6H2,1,3-5H3,(H,23,24)/t13?,15-,16?,18?,20?/m1/s1. The number of terminal acetylenes is 1. The number of amidine groups is 1. The van der Waals surface area contributed by atoms with Crippen molar-refractivity contribution in [2.45, 2.75) is 38.5 Å². The molecule has 6 heteroatoms. The van der Waals surface area contributed by atoms with Crippen molar-refractivity contribution in [3.8, 4) is 12.3 Å². The minimum atomic E-state index is -0.248. The molecule has 2 aliphatic rings. The molecule has 2 heterocycles. The Balaban J connectivity index is 1.90. The van der Waals surface area contributed by atoms with Crippen molar-refractivity contribution in [3.05, 3.63) is 41.9 Å². The summed E-state index contributed by atoms with van der Waals surface area (Å²) in [5.74, 6) is 5.15. The number of nitrogens with one attached hydrogen (secondary N) is 2. The Morgan fingerprint density at radius 3 is 2.92 bits per heavy atom. The average molecular weight is 353 g/mol. The Labute approximate surface area is 155 Å². The second-order valence-electron chi connectivity index (χ2n) is 6.83. The summed E-state index contributed by atoms with van der Waals surface area (Å²) in [5.41, 5.74) is 0.968. The summed E-state index contributed by atoms with van der Waals surface area (Å²) in [6, 6.07) is -0.216. The molecule has 1 aliphatic carbocycles. The van der Waals surface area contributed by atoms with E-state index in [0.29, 0.717) is 5.92 Å². The fourth-order valence-corrected chi connectivity index (χ4v) is 3.42. The molecule has 4 unspecified atom stereocenters. The third kappa shape index (κ3) is 3.54. The van der Waals surface area contributed by atoms with E-state index in [2.05, 4.69) is 41.6 Å². The van der Waals surface area contributed by atoms with E-state index in [1.807, 2.05) is 25.4 Å². The third-order valence-electron chi connectivity index (χ3n) is 5.10. The van der Waals surface area contributed by atoms with Crippen molar-refractivity contribution >= 4 is 5.84 Å². The van der Waals surface area contributed by atoms with Gasteiger partial charge in [-0.05, 0) is 12.5 Å². The van der Waals surface area contributed by atoms with Crippen LogP contribution in [0.2, 0.25) is 0 Å². The van der Waals surface area contributed by atoms with Gasteiger partial charge < -0.3 is 10.1 Å². The predicted molar refractivity (Wildman–Crippen MR) is 103 cm³/mol. The summed E-state index contributed by atoms with van der Waals surface area (Å²) >= 11 is 0. The summed E-state index contributed by atoms with van der Waals surface area (Å²) < 4.78 is 7.39. The zero-order valence-electron chi connectivity index (χ0n) is 15.8. The number of ether oxygens (including phenoxy) is 1. The predicted octanol–water partition coefficient (Wildman–Crippen LogP) is 2.14. The van der Waals surface area contributed by atoms with Crippen LogP contribution in [0.3, 0.4) is 0 Å². The molecule has 2 N–H and O–H groups in total. The van der Waals surface area contributed by atoms with Gasteiger partial charge in [-0.2, -0.15) is 5.10 Å². The molecular formula is C20H27N5O. The van der Waals surface area contributed by atoms with Crippen molar-refractivity contribution in [1.82, 2.24) is 20.4 Å². The number of aryl methyl sites for hydroxylation is 1. The van der Waals surface area contributed by atoms with Crippen LogP contribution < -0.4 is 10.6 Å². The van der Waals surface area contributed by atoms with Gasteiger partial charge in [0.2, 0.25) is 0 Å². The second kappa shape index (κ2) is 7.79. The first kappa shape index (κ1) is 18.3. The first-order valence-electron chi connectivity index (χ1n) is 9.04. The Kier molecular flexibility index (Phi) is 5.48. The quantitative estimate of drug-likeness (QED) is 0.769. The second-order valence-corrected chi connectivity index (χ2v) is 6.83. The molecule has 26 heavy (non-hydrogen) atoms. The molecule has 0 saturated heterocycles. The smallest absolute Gasteiger partial charge is 0.104 e. The van der Waals surface area contributed by atoms with Gasteiger partial charge in [0, 0.05) is 24.7 Å². The average Bonchev–Trinajstić information content (AvgIpc) is 3.10. The molecular weight excluding hydrogens is 326 g/mol. The molecule has 138 valence electrons. The summed E-state index contributed by atoms with van der Waals surface area (Å²) in [6.07, 6.45) is 16.6. The van der Waals surface area contributed by atoms with Gasteiger partial charge in [0.05, 0.1) is 37.5 Å². The van der Waals surface area contributed by atoms with Gasteiger partial charge in [-0.1, -0.05) is 31.9 Å². The number of aliphatic imine (C=N–C) groups is 1. The van der Waals surface area contributed by atoms with E-state index in [4.69, 9.17) is 16.2 Å². The monoisotopic (exact) mass is 353 g/mol. The van der Waals surface area contributed by atoms with Crippen LogP contribution >= 0.6 is 0 Å². The maximum Gasteiger partial charge on any atom is 0.104 e. The molecule has 0 amide bonds. The minimum Gasteiger partial charge on any atom is -0.501 e. The number of rotatable bonds is 6. The zero-order chi connectivity index (χ0) is 18.7. The molecule has 0 spiro atoms. The van der Waals surface area contributed by atoms with Gasteiger partial charge in [0.15, 0.2) is 0 Å². The first-order chi connectivity index (χ1) is 12.6. The van der Waals surface area contributed by atoms with E-state index in [-0.39, 0.29) is 24.2 Å². The van der Waals surface area contributed by atoms with Crippen LogP contribution in [0.4, 0.5) is 0 Å². The van der Waals surface area contributed by atoms with E-state index in [0.717, 1.165) is 23.6 Å². The van der Waals surface area contributed by atoms with E-state index < -0.39 is 0 Å². The van der Waals surface area contributed by atoms with E-state index in [1.165, 1.54) is 0 Å². The van der Waals surface area contributed by atoms with Crippen molar-refractivity contribution in [2.75, 3.05) is 7.11 Å².